The van der Waals surface area contributed by atoms with Gasteiger partial charge in [-0.2, -0.15) is 0 Å². The molecule has 1 aliphatic carbocycles. The van der Waals surface area contributed by atoms with Crippen molar-refractivity contribution < 1.29 is 28.5 Å². The Morgan fingerprint density at radius 1 is 0.812 bits per heavy atom. The summed E-state index contributed by atoms with van der Waals surface area (Å²) in [6, 6.07) is 18.0. The molecule has 0 heterocycles. The standard InChI is InChI=1S/C24H30N2O6/c1-29-24(30-2)14-13-20(25-22(27)31-16-18-9-5-3-6-10-18)21(15-24)26-23(28)32-17-19-11-7-4-8-12-19/h3-12,20-21H,13-17H2,1-2H3,(H,25,27)(H,26,28)/t20-,21+/m1/s1. The average Bonchev–Trinajstić information content (AvgIpc) is 2.84. The molecule has 0 unspecified atom stereocenters. The Morgan fingerprint density at radius 3 is 1.75 bits per heavy atom. The summed E-state index contributed by atoms with van der Waals surface area (Å²) < 4.78 is 21.8. The van der Waals surface area contributed by atoms with Crippen LogP contribution in [0, 0.1) is 0 Å². The fourth-order valence-corrected chi connectivity index (χ4v) is 3.77. The van der Waals surface area contributed by atoms with Crippen molar-refractivity contribution in [3.8, 4) is 0 Å². The summed E-state index contributed by atoms with van der Waals surface area (Å²) >= 11 is 0. The lowest BCUT2D eigenvalue weighted by atomic mass is 9.85. The Labute approximate surface area is 188 Å². The number of amides is 2. The van der Waals surface area contributed by atoms with E-state index in [0.29, 0.717) is 19.3 Å². The zero-order valence-electron chi connectivity index (χ0n) is 18.4. The first-order valence-electron chi connectivity index (χ1n) is 10.6. The Bertz CT molecular complexity index is 857. The smallest absolute Gasteiger partial charge is 0.407 e. The third-order valence-corrected chi connectivity index (χ3v) is 5.63. The van der Waals surface area contributed by atoms with Gasteiger partial charge in [-0.15, -0.1) is 0 Å². The number of methoxy groups -OCH3 is 2. The molecule has 32 heavy (non-hydrogen) atoms. The van der Waals surface area contributed by atoms with Crippen LogP contribution in [-0.4, -0.2) is 44.3 Å². The summed E-state index contributed by atoms with van der Waals surface area (Å²) in [7, 11) is 3.13. The van der Waals surface area contributed by atoms with Crippen LogP contribution in [0.4, 0.5) is 9.59 Å². The highest BCUT2D eigenvalue weighted by molar-refractivity contribution is 5.69. The van der Waals surface area contributed by atoms with Gasteiger partial charge >= 0.3 is 12.2 Å². The van der Waals surface area contributed by atoms with E-state index in [-0.39, 0.29) is 19.3 Å². The van der Waals surface area contributed by atoms with Crippen molar-refractivity contribution in [3.05, 3.63) is 71.8 Å². The summed E-state index contributed by atoms with van der Waals surface area (Å²) in [4.78, 5) is 24.8. The predicted molar refractivity (Wildman–Crippen MR) is 118 cm³/mol. The highest BCUT2D eigenvalue weighted by Gasteiger charge is 2.43. The lowest BCUT2D eigenvalue weighted by Gasteiger charge is -2.42. The van der Waals surface area contributed by atoms with Crippen LogP contribution in [0.1, 0.15) is 30.4 Å². The van der Waals surface area contributed by atoms with E-state index >= 15 is 0 Å². The van der Waals surface area contributed by atoms with Gasteiger partial charge in [-0.3, -0.25) is 0 Å². The Hall–Kier alpha value is -3.10. The second-order valence-corrected chi connectivity index (χ2v) is 7.69. The van der Waals surface area contributed by atoms with Gasteiger partial charge in [-0.1, -0.05) is 60.7 Å². The van der Waals surface area contributed by atoms with Crippen LogP contribution in [0.15, 0.2) is 60.7 Å². The van der Waals surface area contributed by atoms with Gasteiger partial charge in [0.05, 0.1) is 12.1 Å². The van der Waals surface area contributed by atoms with Gasteiger partial charge in [0.25, 0.3) is 0 Å². The van der Waals surface area contributed by atoms with Crippen LogP contribution in [0.25, 0.3) is 0 Å². The minimum atomic E-state index is -0.844. The van der Waals surface area contributed by atoms with E-state index < -0.39 is 24.0 Å². The molecule has 2 aromatic rings. The number of carbonyl (C=O) groups is 2. The summed E-state index contributed by atoms with van der Waals surface area (Å²) in [5, 5.41) is 5.71. The van der Waals surface area contributed by atoms with Gasteiger partial charge in [0.1, 0.15) is 13.2 Å². The van der Waals surface area contributed by atoms with Gasteiger partial charge < -0.3 is 29.6 Å². The fraction of sp³-hybridized carbons (Fsp3) is 0.417. The van der Waals surface area contributed by atoms with Gasteiger partial charge in [0.15, 0.2) is 5.79 Å². The number of nitrogens with one attached hydrogen (secondary N) is 2. The summed E-state index contributed by atoms with van der Waals surface area (Å²) in [5.41, 5.74) is 1.77. The zero-order chi connectivity index (χ0) is 22.8. The van der Waals surface area contributed by atoms with Gasteiger partial charge in [-0.25, -0.2) is 9.59 Å². The molecule has 2 N–H and O–H groups in total. The van der Waals surface area contributed by atoms with Crippen molar-refractivity contribution in [2.75, 3.05) is 14.2 Å². The third-order valence-electron chi connectivity index (χ3n) is 5.63. The van der Waals surface area contributed by atoms with Gasteiger partial charge in [-0.05, 0) is 17.5 Å². The van der Waals surface area contributed by atoms with Crippen molar-refractivity contribution in [2.24, 2.45) is 0 Å². The number of benzene rings is 2. The van der Waals surface area contributed by atoms with E-state index in [1.807, 2.05) is 60.7 Å². The molecular formula is C24H30N2O6. The van der Waals surface area contributed by atoms with Crippen LogP contribution < -0.4 is 10.6 Å². The van der Waals surface area contributed by atoms with E-state index in [1.165, 1.54) is 0 Å². The topological polar surface area (TPSA) is 95.1 Å². The van der Waals surface area contributed by atoms with E-state index in [9.17, 15) is 9.59 Å². The maximum absolute atomic E-state index is 12.5. The number of ether oxygens (including phenoxy) is 4. The molecule has 1 saturated carbocycles. The number of alkyl carbamates (subject to hydrolysis) is 2. The minimum Gasteiger partial charge on any atom is -0.445 e. The molecule has 1 fully saturated rings. The van der Waals surface area contributed by atoms with E-state index in [1.54, 1.807) is 14.2 Å². The number of rotatable bonds is 8. The first-order chi connectivity index (χ1) is 15.5. The van der Waals surface area contributed by atoms with Crippen molar-refractivity contribution in [2.45, 2.75) is 50.3 Å². The first-order valence-corrected chi connectivity index (χ1v) is 10.6. The highest BCUT2D eigenvalue weighted by Crippen LogP contribution is 2.32. The average molecular weight is 443 g/mol. The Balaban J connectivity index is 1.58. The fourth-order valence-electron chi connectivity index (χ4n) is 3.77. The zero-order valence-corrected chi connectivity index (χ0v) is 18.4. The van der Waals surface area contributed by atoms with Crippen LogP contribution in [-0.2, 0) is 32.2 Å². The monoisotopic (exact) mass is 442 g/mol. The highest BCUT2D eigenvalue weighted by atomic mass is 16.7. The Morgan fingerprint density at radius 2 is 1.28 bits per heavy atom. The quantitative estimate of drug-likeness (QED) is 0.605. The predicted octanol–water partition coefficient (Wildman–Crippen LogP) is 3.75. The molecule has 0 spiro atoms. The maximum Gasteiger partial charge on any atom is 0.407 e. The molecule has 2 aromatic carbocycles. The molecule has 172 valence electrons. The van der Waals surface area contributed by atoms with Gasteiger partial charge in [0, 0.05) is 27.1 Å². The van der Waals surface area contributed by atoms with E-state index in [4.69, 9.17) is 18.9 Å². The molecule has 0 aliphatic heterocycles. The molecule has 2 atom stereocenters. The minimum absolute atomic E-state index is 0.149. The number of hydrogen-bond donors (Lipinski definition) is 2. The summed E-state index contributed by atoms with van der Waals surface area (Å²) in [6.45, 7) is 0.312. The molecule has 0 aromatic heterocycles. The molecule has 8 nitrogen and oxygen atoms in total. The van der Waals surface area contributed by atoms with Crippen molar-refractivity contribution >= 4 is 12.2 Å². The largest absolute Gasteiger partial charge is 0.445 e. The molecule has 0 radical (unpaired) electrons. The molecule has 1 aliphatic rings. The third kappa shape index (κ3) is 6.70. The lowest BCUT2D eigenvalue weighted by Crippen LogP contribution is -2.59. The van der Waals surface area contributed by atoms with Crippen LogP contribution in [0.2, 0.25) is 0 Å². The molecule has 2 amide bonds. The summed E-state index contributed by atoms with van der Waals surface area (Å²) in [6.07, 6.45) is 0.313. The molecule has 0 bridgehead atoms. The van der Waals surface area contributed by atoms with Crippen molar-refractivity contribution in [3.63, 3.8) is 0 Å². The number of hydrogen-bond acceptors (Lipinski definition) is 6. The molecule has 0 saturated heterocycles. The molecule has 3 rings (SSSR count). The van der Waals surface area contributed by atoms with Gasteiger partial charge in [0.2, 0.25) is 0 Å². The second kappa shape index (κ2) is 11.5. The lowest BCUT2D eigenvalue weighted by molar-refractivity contribution is -0.228. The second-order valence-electron chi connectivity index (χ2n) is 7.69. The normalized spacial score (nSPS) is 19.6. The Kier molecular flexibility index (Phi) is 8.47. The van der Waals surface area contributed by atoms with Crippen molar-refractivity contribution in [1.29, 1.82) is 0 Å². The SMILES string of the molecule is COC1(OC)CC[C@@H](NC(=O)OCc2ccccc2)[C@@H](NC(=O)OCc2ccccc2)C1. The first kappa shape index (κ1) is 23.6. The molecular weight excluding hydrogens is 412 g/mol. The molecule has 8 heteroatoms. The van der Waals surface area contributed by atoms with Crippen molar-refractivity contribution in [1.82, 2.24) is 10.6 Å². The number of carbonyl (C=O) groups excluding carboxylic acids is 2. The van der Waals surface area contributed by atoms with Crippen LogP contribution in [0.5, 0.6) is 0 Å². The van der Waals surface area contributed by atoms with E-state index in [2.05, 4.69) is 10.6 Å². The van der Waals surface area contributed by atoms with E-state index in [0.717, 1.165) is 11.1 Å². The van der Waals surface area contributed by atoms with Crippen LogP contribution in [0.3, 0.4) is 0 Å². The maximum atomic E-state index is 12.5. The van der Waals surface area contributed by atoms with Crippen LogP contribution >= 0.6 is 0 Å². The summed E-state index contributed by atoms with van der Waals surface area (Å²) in [5.74, 6) is -0.844.